The van der Waals surface area contributed by atoms with Crippen LogP contribution in [0.2, 0.25) is 0 Å². The molecule has 18 heavy (non-hydrogen) atoms. The number of likely N-dealkylation sites (tertiary alicyclic amines) is 1. The van der Waals surface area contributed by atoms with Crippen LogP contribution in [0.4, 0.5) is 0 Å². The van der Waals surface area contributed by atoms with E-state index in [2.05, 4.69) is 0 Å². The van der Waals surface area contributed by atoms with Gasteiger partial charge in [0.05, 0.1) is 13.2 Å². The topological polar surface area (TPSA) is 66.9 Å². The summed E-state index contributed by atoms with van der Waals surface area (Å²) in [6, 6.07) is 0. The van der Waals surface area contributed by atoms with Gasteiger partial charge in [0.15, 0.2) is 0 Å². The van der Waals surface area contributed by atoms with E-state index in [1.807, 2.05) is 0 Å². The van der Waals surface area contributed by atoms with Gasteiger partial charge in [-0.25, -0.2) is 0 Å². The zero-order valence-electron chi connectivity index (χ0n) is 11.0. The highest BCUT2D eigenvalue weighted by Gasteiger charge is 2.25. The first kappa shape index (κ1) is 14.5. The maximum atomic E-state index is 11.9. The number of carbonyl (C=O) groups is 3. The van der Waals surface area contributed by atoms with E-state index in [-0.39, 0.29) is 24.9 Å². The molecule has 1 rings (SSSR count). The van der Waals surface area contributed by atoms with Crippen LogP contribution in [0.15, 0.2) is 0 Å². The van der Waals surface area contributed by atoms with E-state index in [0.717, 1.165) is 6.42 Å². The molecule has 0 bridgehead atoms. The van der Waals surface area contributed by atoms with Crippen molar-refractivity contribution in [3.63, 3.8) is 0 Å². The summed E-state index contributed by atoms with van der Waals surface area (Å²) in [5.74, 6) is -0.614. The van der Waals surface area contributed by atoms with Crippen molar-refractivity contribution < 1.29 is 19.1 Å². The van der Waals surface area contributed by atoms with Crippen molar-refractivity contribution in [2.45, 2.75) is 26.7 Å². The highest BCUT2D eigenvalue weighted by molar-refractivity contribution is 5.87. The lowest BCUT2D eigenvalue weighted by atomic mass is 10.4. The second-order valence-corrected chi connectivity index (χ2v) is 4.13. The Hall–Kier alpha value is -1.59. The Bertz CT molecular complexity index is 330. The Kier molecular flexibility index (Phi) is 5.61. The molecule has 0 aromatic carbocycles. The third-order valence-electron chi connectivity index (χ3n) is 2.86. The minimum absolute atomic E-state index is 0.00976. The number of hydrogen-bond acceptors (Lipinski definition) is 4. The van der Waals surface area contributed by atoms with Crippen LogP contribution in [0.5, 0.6) is 0 Å². The fourth-order valence-corrected chi connectivity index (χ4v) is 1.87. The van der Waals surface area contributed by atoms with Crippen molar-refractivity contribution >= 4 is 17.8 Å². The number of esters is 1. The Labute approximate surface area is 107 Å². The van der Waals surface area contributed by atoms with Crippen LogP contribution in [-0.4, -0.2) is 60.4 Å². The van der Waals surface area contributed by atoms with Crippen molar-refractivity contribution in [1.82, 2.24) is 9.80 Å². The van der Waals surface area contributed by atoms with Crippen LogP contribution in [0, 0.1) is 0 Å². The number of nitrogens with zero attached hydrogens (tertiary/aromatic N) is 2. The summed E-state index contributed by atoms with van der Waals surface area (Å²) >= 11 is 0. The average Bonchev–Trinajstić information content (AvgIpc) is 2.72. The largest absolute Gasteiger partial charge is 0.465 e. The Morgan fingerprint density at radius 1 is 1.39 bits per heavy atom. The molecule has 0 radical (unpaired) electrons. The molecule has 0 aromatic heterocycles. The molecule has 0 spiro atoms. The van der Waals surface area contributed by atoms with Gasteiger partial charge in [0, 0.05) is 19.5 Å². The van der Waals surface area contributed by atoms with Gasteiger partial charge in [-0.1, -0.05) is 0 Å². The molecule has 102 valence electrons. The van der Waals surface area contributed by atoms with E-state index in [9.17, 15) is 14.4 Å². The van der Waals surface area contributed by atoms with Crippen LogP contribution in [0.1, 0.15) is 26.7 Å². The normalized spacial score (nSPS) is 14.8. The first-order valence-electron chi connectivity index (χ1n) is 6.29. The number of amides is 2. The average molecular weight is 256 g/mol. The summed E-state index contributed by atoms with van der Waals surface area (Å²) in [6.07, 6.45) is 1.31. The van der Waals surface area contributed by atoms with Gasteiger partial charge in [-0.15, -0.1) is 0 Å². The summed E-state index contributed by atoms with van der Waals surface area (Å²) in [7, 11) is 0. The van der Waals surface area contributed by atoms with Gasteiger partial charge in [-0.2, -0.15) is 0 Å². The van der Waals surface area contributed by atoms with Gasteiger partial charge >= 0.3 is 5.97 Å². The smallest absolute Gasteiger partial charge is 0.325 e. The third kappa shape index (κ3) is 4.01. The number of carbonyl (C=O) groups excluding carboxylic acids is 3. The molecular formula is C12H20N2O4. The lowest BCUT2D eigenvalue weighted by Gasteiger charge is -2.23. The summed E-state index contributed by atoms with van der Waals surface area (Å²) in [5, 5.41) is 0. The molecule has 2 amide bonds. The van der Waals surface area contributed by atoms with Crippen LogP contribution in [-0.2, 0) is 19.1 Å². The number of hydrogen-bond donors (Lipinski definition) is 0. The molecule has 0 saturated carbocycles. The van der Waals surface area contributed by atoms with E-state index in [0.29, 0.717) is 26.1 Å². The van der Waals surface area contributed by atoms with Crippen LogP contribution in [0.25, 0.3) is 0 Å². The van der Waals surface area contributed by atoms with Gasteiger partial charge in [0.25, 0.3) is 0 Å². The second kappa shape index (κ2) is 6.98. The van der Waals surface area contributed by atoms with Crippen LogP contribution >= 0.6 is 0 Å². The molecule has 0 atom stereocenters. The Balaban J connectivity index is 2.46. The Morgan fingerprint density at radius 2 is 2.11 bits per heavy atom. The van der Waals surface area contributed by atoms with Crippen LogP contribution in [0.3, 0.4) is 0 Å². The molecule has 0 N–H and O–H groups in total. The molecule has 0 aliphatic carbocycles. The van der Waals surface area contributed by atoms with Crippen molar-refractivity contribution in [2.75, 3.05) is 32.8 Å². The maximum absolute atomic E-state index is 11.9. The first-order valence-corrected chi connectivity index (χ1v) is 6.29. The molecule has 0 unspecified atom stereocenters. The van der Waals surface area contributed by atoms with Crippen LogP contribution < -0.4 is 0 Å². The number of ether oxygens (including phenoxy) is 1. The predicted octanol–water partition coefficient (Wildman–Crippen LogP) is 0.0204. The third-order valence-corrected chi connectivity index (χ3v) is 2.86. The predicted molar refractivity (Wildman–Crippen MR) is 64.7 cm³/mol. The SMILES string of the molecule is CCOC(=O)CN(CC)C(=O)CN1CCCC1=O. The molecule has 1 heterocycles. The van der Waals surface area contributed by atoms with E-state index in [1.165, 1.54) is 9.80 Å². The molecule has 1 aliphatic heterocycles. The van der Waals surface area contributed by atoms with Gasteiger partial charge in [0.2, 0.25) is 11.8 Å². The maximum Gasteiger partial charge on any atom is 0.325 e. The van der Waals surface area contributed by atoms with Gasteiger partial charge in [-0.3, -0.25) is 14.4 Å². The first-order chi connectivity index (χ1) is 8.58. The number of rotatable bonds is 6. The zero-order valence-corrected chi connectivity index (χ0v) is 11.0. The van der Waals surface area contributed by atoms with Gasteiger partial charge in [-0.05, 0) is 20.3 Å². The fraction of sp³-hybridized carbons (Fsp3) is 0.750. The zero-order chi connectivity index (χ0) is 13.5. The highest BCUT2D eigenvalue weighted by atomic mass is 16.5. The van der Waals surface area contributed by atoms with Crippen molar-refractivity contribution in [1.29, 1.82) is 0 Å². The lowest BCUT2D eigenvalue weighted by molar-refractivity contribution is -0.149. The van der Waals surface area contributed by atoms with E-state index >= 15 is 0 Å². The van der Waals surface area contributed by atoms with Crippen molar-refractivity contribution in [3.8, 4) is 0 Å². The molecule has 1 saturated heterocycles. The summed E-state index contributed by atoms with van der Waals surface area (Å²) < 4.78 is 4.80. The molecule has 6 nitrogen and oxygen atoms in total. The second-order valence-electron chi connectivity index (χ2n) is 4.13. The molecule has 6 heteroatoms. The lowest BCUT2D eigenvalue weighted by Crippen LogP contribution is -2.43. The van der Waals surface area contributed by atoms with Crippen molar-refractivity contribution in [3.05, 3.63) is 0 Å². The molecule has 1 aliphatic rings. The summed E-state index contributed by atoms with van der Waals surface area (Å²) in [5.41, 5.74) is 0. The van der Waals surface area contributed by atoms with E-state index < -0.39 is 5.97 Å². The minimum atomic E-state index is -0.416. The summed E-state index contributed by atoms with van der Waals surface area (Å²) in [4.78, 5) is 37.6. The van der Waals surface area contributed by atoms with Crippen molar-refractivity contribution in [2.24, 2.45) is 0 Å². The van der Waals surface area contributed by atoms with E-state index in [4.69, 9.17) is 4.74 Å². The van der Waals surface area contributed by atoms with Gasteiger partial charge in [0.1, 0.15) is 6.54 Å². The monoisotopic (exact) mass is 256 g/mol. The minimum Gasteiger partial charge on any atom is -0.465 e. The molecule has 1 fully saturated rings. The highest BCUT2D eigenvalue weighted by Crippen LogP contribution is 2.09. The molecule has 0 aromatic rings. The van der Waals surface area contributed by atoms with Gasteiger partial charge < -0.3 is 14.5 Å². The Morgan fingerprint density at radius 3 is 2.61 bits per heavy atom. The summed E-state index contributed by atoms with van der Waals surface area (Å²) in [6.45, 7) is 4.88. The molecular weight excluding hydrogens is 236 g/mol. The quantitative estimate of drug-likeness (QED) is 0.628. The standard InChI is InChI=1S/C12H20N2O4/c1-3-13(9-12(17)18-4-2)11(16)8-14-7-5-6-10(14)15/h3-9H2,1-2H3. The van der Waals surface area contributed by atoms with E-state index in [1.54, 1.807) is 13.8 Å². The number of likely N-dealkylation sites (N-methyl/N-ethyl adjacent to an activating group) is 1. The fourth-order valence-electron chi connectivity index (χ4n) is 1.87.